The lowest BCUT2D eigenvalue weighted by atomic mass is 10.2. The van der Waals surface area contributed by atoms with Crippen LogP contribution >= 0.6 is 27.5 Å². The van der Waals surface area contributed by atoms with Gasteiger partial charge in [0.25, 0.3) is 0 Å². The van der Waals surface area contributed by atoms with E-state index in [4.69, 9.17) is 11.6 Å². The summed E-state index contributed by atoms with van der Waals surface area (Å²) in [6.07, 6.45) is 1.85. The second kappa shape index (κ2) is 4.64. The zero-order valence-corrected chi connectivity index (χ0v) is 11.6. The van der Waals surface area contributed by atoms with Gasteiger partial charge in [-0.05, 0) is 46.5 Å². The molecule has 1 N–H and O–H groups in total. The second-order valence-corrected chi connectivity index (χ2v) is 6.60. The second-order valence-electron chi connectivity index (χ2n) is 3.79. The maximum absolute atomic E-state index is 12.0. The number of hydrogen-bond donors (Lipinski definition) is 1. The van der Waals surface area contributed by atoms with Gasteiger partial charge in [-0.15, -0.1) is 11.6 Å². The van der Waals surface area contributed by atoms with E-state index in [1.54, 1.807) is 18.2 Å². The lowest BCUT2D eigenvalue weighted by Crippen LogP contribution is -2.26. The van der Waals surface area contributed by atoms with Crippen LogP contribution in [0.3, 0.4) is 0 Å². The molecule has 0 unspecified atom stereocenters. The molecule has 0 spiro atoms. The summed E-state index contributed by atoms with van der Waals surface area (Å²) in [6, 6.07) is 5.21. The molecule has 3 nitrogen and oxygen atoms in total. The first-order valence-electron chi connectivity index (χ1n) is 4.89. The van der Waals surface area contributed by atoms with Crippen LogP contribution in [0.2, 0.25) is 0 Å². The van der Waals surface area contributed by atoms with Gasteiger partial charge < -0.3 is 0 Å². The van der Waals surface area contributed by atoms with Gasteiger partial charge in [0.2, 0.25) is 10.0 Å². The molecular weight excluding hydrogens is 314 g/mol. The zero-order valence-electron chi connectivity index (χ0n) is 8.41. The van der Waals surface area contributed by atoms with Crippen LogP contribution in [0.15, 0.2) is 27.6 Å². The van der Waals surface area contributed by atoms with Crippen LogP contribution in [-0.4, -0.2) is 14.5 Å². The van der Waals surface area contributed by atoms with Gasteiger partial charge in [0.1, 0.15) is 0 Å². The summed E-state index contributed by atoms with van der Waals surface area (Å²) in [5.74, 6) is 0.305. The Bertz CT molecular complexity index is 500. The molecule has 0 amide bonds. The fraction of sp³-hybridized carbons (Fsp3) is 0.400. The van der Waals surface area contributed by atoms with E-state index in [0.717, 1.165) is 18.4 Å². The van der Waals surface area contributed by atoms with Gasteiger partial charge in [0, 0.05) is 16.4 Å². The maximum Gasteiger partial charge on any atom is 0.241 e. The number of halogens is 2. The van der Waals surface area contributed by atoms with Crippen molar-refractivity contribution in [3.8, 4) is 0 Å². The van der Waals surface area contributed by atoms with Crippen molar-refractivity contribution in [2.45, 2.75) is 29.7 Å². The van der Waals surface area contributed by atoms with Gasteiger partial charge in [-0.1, -0.05) is 6.07 Å². The number of alkyl halides is 1. The van der Waals surface area contributed by atoms with Crippen molar-refractivity contribution in [1.29, 1.82) is 0 Å². The average molecular weight is 325 g/mol. The highest BCUT2D eigenvalue weighted by Gasteiger charge is 2.29. The Hall–Kier alpha value is -0.100. The van der Waals surface area contributed by atoms with Crippen molar-refractivity contribution in [1.82, 2.24) is 4.72 Å². The predicted octanol–water partition coefficient (Wildman–Crippen LogP) is 2.63. The summed E-state index contributed by atoms with van der Waals surface area (Å²) in [6.45, 7) is 0. The standard InChI is InChI=1S/C10H11BrClNO2S/c11-9-4-1-7(6-12)5-10(9)16(14,15)13-8-2-3-8/h1,4-5,8,13H,2-3,6H2. The Morgan fingerprint density at radius 2 is 2.12 bits per heavy atom. The highest BCUT2D eigenvalue weighted by atomic mass is 79.9. The number of nitrogens with one attached hydrogen (secondary N) is 1. The first-order valence-corrected chi connectivity index (χ1v) is 7.71. The van der Waals surface area contributed by atoms with E-state index in [0.29, 0.717) is 10.4 Å². The third-order valence-electron chi connectivity index (χ3n) is 2.34. The summed E-state index contributed by atoms with van der Waals surface area (Å²) in [7, 11) is -3.42. The van der Waals surface area contributed by atoms with Crippen molar-refractivity contribution in [3.05, 3.63) is 28.2 Å². The predicted molar refractivity (Wildman–Crippen MR) is 67.0 cm³/mol. The maximum atomic E-state index is 12.0. The normalized spacial score (nSPS) is 16.4. The number of hydrogen-bond acceptors (Lipinski definition) is 2. The fourth-order valence-electron chi connectivity index (χ4n) is 1.32. The van der Waals surface area contributed by atoms with Gasteiger partial charge in [-0.25, -0.2) is 13.1 Å². The average Bonchev–Trinajstić information content (AvgIpc) is 3.01. The molecule has 1 aliphatic carbocycles. The van der Waals surface area contributed by atoms with Crippen molar-refractivity contribution in [2.24, 2.45) is 0 Å². The van der Waals surface area contributed by atoms with Crippen LogP contribution in [0.1, 0.15) is 18.4 Å². The van der Waals surface area contributed by atoms with E-state index >= 15 is 0 Å². The summed E-state index contributed by atoms with van der Waals surface area (Å²) in [4.78, 5) is 0.262. The molecule has 1 aromatic carbocycles. The lowest BCUT2D eigenvalue weighted by Gasteiger charge is -2.08. The van der Waals surface area contributed by atoms with Gasteiger partial charge in [-0.2, -0.15) is 0 Å². The zero-order chi connectivity index (χ0) is 11.8. The van der Waals surface area contributed by atoms with Crippen molar-refractivity contribution in [3.63, 3.8) is 0 Å². The minimum absolute atomic E-state index is 0.108. The van der Waals surface area contributed by atoms with E-state index in [1.165, 1.54) is 0 Å². The third kappa shape index (κ3) is 2.77. The van der Waals surface area contributed by atoms with Crippen LogP contribution < -0.4 is 4.72 Å². The van der Waals surface area contributed by atoms with Crippen molar-refractivity contribution < 1.29 is 8.42 Å². The summed E-state index contributed by atoms with van der Waals surface area (Å²) < 4.78 is 27.2. The molecule has 1 aromatic rings. The van der Waals surface area contributed by atoms with Gasteiger partial charge in [0.05, 0.1) is 4.90 Å². The topological polar surface area (TPSA) is 46.2 Å². The van der Waals surface area contributed by atoms with Gasteiger partial charge in [0.15, 0.2) is 0 Å². The highest BCUT2D eigenvalue weighted by molar-refractivity contribution is 9.10. The molecule has 88 valence electrons. The Morgan fingerprint density at radius 3 is 2.69 bits per heavy atom. The van der Waals surface area contributed by atoms with E-state index in [1.807, 2.05) is 0 Å². The summed E-state index contributed by atoms with van der Waals surface area (Å²) in [5, 5.41) is 0. The van der Waals surface area contributed by atoms with E-state index < -0.39 is 10.0 Å². The van der Waals surface area contributed by atoms with Crippen molar-refractivity contribution in [2.75, 3.05) is 0 Å². The minimum Gasteiger partial charge on any atom is -0.208 e. The molecule has 2 rings (SSSR count). The quantitative estimate of drug-likeness (QED) is 0.866. The van der Waals surface area contributed by atoms with E-state index in [9.17, 15) is 8.42 Å². The SMILES string of the molecule is O=S(=O)(NC1CC1)c1cc(CCl)ccc1Br. The van der Waals surface area contributed by atoms with Gasteiger partial charge >= 0.3 is 0 Å². The minimum atomic E-state index is -3.42. The Morgan fingerprint density at radius 1 is 1.44 bits per heavy atom. The van der Waals surface area contributed by atoms with Crippen LogP contribution in [0.25, 0.3) is 0 Å². The fourth-order valence-corrected chi connectivity index (χ4v) is 3.81. The number of sulfonamides is 1. The Kier molecular flexibility index (Phi) is 3.59. The molecule has 0 aromatic heterocycles. The van der Waals surface area contributed by atoms with Crippen molar-refractivity contribution >= 4 is 37.6 Å². The molecule has 0 aliphatic heterocycles. The van der Waals surface area contributed by atoms with Crippen LogP contribution in [0, 0.1) is 0 Å². The third-order valence-corrected chi connectivity index (χ3v) is 5.16. The smallest absolute Gasteiger partial charge is 0.208 e. The molecule has 1 saturated carbocycles. The first-order chi connectivity index (χ1) is 7.53. The molecular formula is C10H11BrClNO2S. The molecule has 0 saturated heterocycles. The molecule has 6 heteroatoms. The summed E-state index contributed by atoms with van der Waals surface area (Å²) >= 11 is 8.93. The first kappa shape index (κ1) is 12.4. The molecule has 0 atom stereocenters. The van der Waals surface area contributed by atoms with E-state index in [2.05, 4.69) is 20.7 Å². The summed E-state index contributed by atoms with van der Waals surface area (Å²) in [5.41, 5.74) is 0.793. The number of benzene rings is 1. The molecule has 0 bridgehead atoms. The lowest BCUT2D eigenvalue weighted by molar-refractivity contribution is 0.580. The van der Waals surface area contributed by atoms with Crippen LogP contribution in [0.5, 0.6) is 0 Å². The van der Waals surface area contributed by atoms with E-state index in [-0.39, 0.29) is 10.9 Å². The largest absolute Gasteiger partial charge is 0.241 e. The Balaban J connectivity index is 2.36. The highest BCUT2D eigenvalue weighted by Crippen LogP contribution is 2.27. The molecule has 16 heavy (non-hydrogen) atoms. The monoisotopic (exact) mass is 323 g/mol. The molecule has 0 heterocycles. The van der Waals surface area contributed by atoms with Crippen LogP contribution in [-0.2, 0) is 15.9 Å². The van der Waals surface area contributed by atoms with Crippen LogP contribution in [0.4, 0.5) is 0 Å². The number of rotatable bonds is 4. The molecule has 1 fully saturated rings. The Labute approximate surface area is 108 Å². The van der Waals surface area contributed by atoms with Gasteiger partial charge in [-0.3, -0.25) is 0 Å². The molecule has 1 aliphatic rings. The molecule has 0 radical (unpaired) electrons.